The van der Waals surface area contributed by atoms with Crippen LogP contribution in [-0.4, -0.2) is 28.2 Å². The van der Waals surface area contributed by atoms with Crippen LogP contribution in [-0.2, 0) is 17.5 Å². The highest BCUT2D eigenvalue weighted by Gasteiger charge is 2.30. The fraction of sp³-hybridized carbons (Fsp3) is 0.385. The number of halogens is 3. The van der Waals surface area contributed by atoms with E-state index < -0.39 is 11.7 Å². The molecule has 0 spiro atoms. The number of hydrogen-bond donors (Lipinski definition) is 0. The molecule has 1 heterocycles. The summed E-state index contributed by atoms with van der Waals surface area (Å²) in [7, 11) is 0. The smallest absolute Gasteiger partial charge is 0.380 e. The molecule has 1 aromatic heterocycles. The Hall–Kier alpha value is -1.89. The third kappa shape index (κ3) is 3.57. The van der Waals surface area contributed by atoms with Gasteiger partial charge in [0.05, 0.1) is 24.9 Å². The van der Waals surface area contributed by atoms with E-state index in [9.17, 15) is 13.2 Å². The Morgan fingerprint density at radius 2 is 2.10 bits per heavy atom. The summed E-state index contributed by atoms with van der Waals surface area (Å²) in [5.74, 6) is 0. The van der Waals surface area contributed by atoms with E-state index in [1.807, 2.05) is 6.92 Å². The van der Waals surface area contributed by atoms with Gasteiger partial charge in [-0.25, -0.2) is 4.68 Å². The molecule has 1 aromatic carbocycles. The summed E-state index contributed by atoms with van der Waals surface area (Å²) in [6, 6.07) is 5.03. The second-order valence-corrected chi connectivity index (χ2v) is 4.14. The van der Waals surface area contributed by atoms with Crippen LogP contribution in [0, 0.1) is 0 Å². The maximum absolute atomic E-state index is 12.6. The van der Waals surface area contributed by atoms with Crippen molar-refractivity contribution in [2.45, 2.75) is 19.6 Å². The quantitative estimate of drug-likeness (QED) is 0.793. The summed E-state index contributed by atoms with van der Waals surface area (Å²) < 4.78 is 44.6. The molecule has 0 aliphatic rings. The van der Waals surface area contributed by atoms with Gasteiger partial charge in [-0.3, -0.25) is 0 Å². The van der Waals surface area contributed by atoms with E-state index in [1.165, 1.54) is 6.07 Å². The minimum Gasteiger partial charge on any atom is -0.380 e. The van der Waals surface area contributed by atoms with Crippen molar-refractivity contribution in [3.05, 3.63) is 36.0 Å². The first-order valence-electron chi connectivity index (χ1n) is 6.16. The van der Waals surface area contributed by atoms with Crippen LogP contribution in [0.4, 0.5) is 13.2 Å². The van der Waals surface area contributed by atoms with Crippen molar-refractivity contribution in [3.8, 4) is 11.3 Å². The molecule has 2 aromatic rings. The van der Waals surface area contributed by atoms with Gasteiger partial charge in [-0.15, -0.1) is 5.10 Å². The molecule has 0 aliphatic carbocycles. The molecule has 0 unspecified atom stereocenters. The van der Waals surface area contributed by atoms with E-state index in [0.29, 0.717) is 31.0 Å². The number of hydrogen-bond acceptors (Lipinski definition) is 3. The van der Waals surface area contributed by atoms with Gasteiger partial charge in [-0.1, -0.05) is 17.3 Å². The number of aromatic nitrogens is 3. The Bertz CT molecular complexity index is 566. The zero-order valence-corrected chi connectivity index (χ0v) is 10.9. The highest BCUT2D eigenvalue weighted by molar-refractivity contribution is 5.58. The second kappa shape index (κ2) is 6.04. The first kappa shape index (κ1) is 14.5. The lowest BCUT2D eigenvalue weighted by molar-refractivity contribution is -0.137. The predicted octanol–water partition coefficient (Wildman–Crippen LogP) is 3.00. The number of alkyl halides is 3. The first-order valence-corrected chi connectivity index (χ1v) is 6.16. The summed E-state index contributed by atoms with van der Waals surface area (Å²) in [4.78, 5) is 0. The average molecular weight is 285 g/mol. The van der Waals surface area contributed by atoms with Crippen molar-refractivity contribution in [2.24, 2.45) is 0 Å². The lowest BCUT2D eigenvalue weighted by Crippen LogP contribution is -2.06. The molecule has 4 nitrogen and oxygen atoms in total. The van der Waals surface area contributed by atoms with E-state index in [1.54, 1.807) is 16.9 Å². The van der Waals surface area contributed by atoms with Gasteiger partial charge in [-0.05, 0) is 19.1 Å². The summed E-state index contributed by atoms with van der Waals surface area (Å²) >= 11 is 0. The molecule has 2 rings (SSSR count). The van der Waals surface area contributed by atoms with Crippen molar-refractivity contribution < 1.29 is 17.9 Å². The lowest BCUT2D eigenvalue weighted by atomic mass is 10.1. The topological polar surface area (TPSA) is 39.9 Å². The molecule has 0 fully saturated rings. The molecule has 0 bridgehead atoms. The molecular weight excluding hydrogens is 271 g/mol. The van der Waals surface area contributed by atoms with Crippen molar-refractivity contribution in [3.63, 3.8) is 0 Å². The molecule has 0 atom stereocenters. The Kier molecular flexibility index (Phi) is 4.39. The fourth-order valence-electron chi connectivity index (χ4n) is 1.70. The Morgan fingerprint density at radius 3 is 2.80 bits per heavy atom. The van der Waals surface area contributed by atoms with Gasteiger partial charge >= 0.3 is 6.18 Å². The third-order valence-corrected chi connectivity index (χ3v) is 2.69. The van der Waals surface area contributed by atoms with Crippen LogP contribution in [0.1, 0.15) is 12.5 Å². The second-order valence-electron chi connectivity index (χ2n) is 4.14. The zero-order valence-electron chi connectivity index (χ0n) is 10.9. The van der Waals surface area contributed by atoms with E-state index in [-0.39, 0.29) is 0 Å². The molecular formula is C13H14F3N3O. The van der Waals surface area contributed by atoms with Crippen LogP contribution in [0.15, 0.2) is 30.5 Å². The first-order chi connectivity index (χ1) is 9.50. The Balaban J connectivity index is 2.16. The maximum Gasteiger partial charge on any atom is 0.416 e. The fourth-order valence-corrected chi connectivity index (χ4v) is 1.70. The summed E-state index contributed by atoms with van der Waals surface area (Å²) in [6.45, 7) is 3.49. The molecule has 0 amide bonds. The van der Waals surface area contributed by atoms with Gasteiger partial charge in [0, 0.05) is 12.2 Å². The predicted molar refractivity (Wildman–Crippen MR) is 67.0 cm³/mol. The molecule has 0 saturated heterocycles. The van der Waals surface area contributed by atoms with Gasteiger partial charge in [0.25, 0.3) is 0 Å². The highest BCUT2D eigenvalue weighted by atomic mass is 19.4. The summed E-state index contributed by atoms with van der Waals surface area (Å²) in [5.41, 5.74) is 0.106. The van der Waals surface area contributed by atoms with Gasteiger partial charge in [-0.2, -0.15) is 13.2 Å². The number of nitrogens with zero attached hydrogens (tertiary/aromatic N) is 3. The van der Waals surface area contributed by atoms with E-state index >= 15 is 0 Å². The van der Waals surface area contributed by atoms with Crippen molar-refractivity contribution in [1.29, 1.82) is 0 Å². The molecule has 0 aliphatic heterocycles. The lowest BCUT2D eigenvalue weighted by Gasteiger charge is -2.07. The minimum atomic E-state index is -4.36. The van der Waals surface area contributed by atoms with Gasteiger partial charge in [0.2, 0.25) is 0 Å². The molecule has 7 heteroatoms. The molecule has 20 heavy (non-hydrogen) atoms. The van der Waals surface area contributed by atoms with Crippen molar-refractivity contribution >= 4 is 0 Å². The molecule has 0 saturated carbocycles. The monoisotopic (exact) mass is 285 g/mol. The maximum atomic E-state index is 12.6. The van der Waals surface area contributed by atoms with Gasteiger partial charge in [0.15, 0.2) is 0 Å². The van der Waals surface area contributed by atoms with Crippen LogP contribution in [0.5, 0.6) is 0 Å². The SMILES string of the molecule is CCOCCn1cc(-c2cccc(C(F)(F)F)c2)nn1. The number of ether oxygens (including phenoxy) is 1. The minimum absolute atomic E-state index is 0.391. The van der Waals surface area contributed by atoms with E-state index in [2.05, 4.69) is 10.3 Å². The summed E-state index contributed by atoms with van der Waals surface area (Å²) in [5, 5.41) is 7.74. The van der Waals surface area contributed by atoms with Crippen molar-refractivity contribution in [1.82, 2.24) is 15.0 Å². The largest absolute Gasteiger partial charge is 0.416 e. The highest BCUT2D eigenvalue weighted by Crippen LogP contribution is 2.31. The normalized spacial score (nSPS) is 11.8. The van der Waals surface area contributed by atoms with Crippen LogP contribution >= 0.6 is 0 Å². The van der Waals surface area contributed by atoms with Crippen LogP contribution in [0.25, 0.3) is 11.3 Å². The molecule has 0 radical (unpaired) electrons. The average Bonchev–Trinajstić information content (AvgIpc) is 2.87. The van der Waals surface area contributed by atoms with Crippen LogP contribution < -0.4 is 0 Å². The molecule has 0 N–H and O–H groups in total. The van der Waals surface area contributed by atoms with Gasteiger partial charge in [0.1, 0.15) is 5.69 Å². The standard InChI is InChI=1S/C13H14F3N3O/c1-2-20-7-6-19-9-12(17-18-19)10-4-3-5-11(8-10)13(14,15)16/h3-5,8-9H,2,6-7H2,1H3. The van der Waals surface area contributed by atoms with Gasteiger partial charge < -0.3 is 4.74 Å². The molecule has 108 valence electrons. The number of rotatable bonds is 5. The Labute approximate surface area is 114 Å². The van der Waals surface area contributed by atoms with Crippen LogP contribution in [0.2, 0.25) is 0 Å². The van der Waals surface area contributed by atoms with Crippen LogP contribution in [0.3, 0.4) is 0 Å². The zero-order chi connectivity index (χ0) is 14.6. The van der Waals surface area contributed by atoms with E-state index in [0.717, 1.165) is 12.1 Å². The Morgan fingerprint density at radius 1 is 1.30 bits per heavy atom. The third-order valence-electron chi connectivity index (χ3n) is 2.69. The number of benzene rings is 1. The van der Waals surface area contributed by atoms with Crippen molar-refractivity contribution in [2.75, 3.05) is 13.2 Å². The summed E-state index contributed by atoms with van der Waals surface area (Å²) in [6.07, 6.45) is -2.75. The van der Waals surface area contributed by atoms with E-state index in [4.69, 9.17) is 4.74 Å².